The van der Waals surface area contributed by atoms with Crippen molar-refractivity contribution in [3.63, 3.8) is 0 Å². The van der Waals surface area contributed by atoms with Crippen molar-refractivity contribution in [3.05, 3.63) is 71.8 Å². The average Bonchev–Trinajstić information content (AvgIpc) is 2.71. The lowest BCUT2D eigenvalue weighted by molar-refractivity contribution is -0.152. The van der Waals surface area contributed by atoms with Crippen molar-refractivity contribution >= 4 is 17.8 Å². The zero-order chi connectivity index (χ0) is 21.2. The Hall–Kier alpha value is -3.15. The summed E-state index contributed by atoms with van der Waals surface area (Å²) in [5.74, 6) is -1.46. The van der Waals surface area contributed by atoms with Crippen LogP contribution in [0.2, 0.25) is 0 Å². The molecule has 0 aliphatic rings. The number of carbonyl (C=O) groups excluding carboxylic acids is 3. The Morgan fingerprint density at radius 3 is 2.00 bits per heavy atom. The van der Waals surface area contributed by atoms with Gasteiger partial charge in [0.2, 0.25) is 5.91 Å². The number of carbonyl (C=O) groups is 3. The quantitative estimate of drug-likeness (QED) is 0.639. The SMILES string of the molecule is CC(NC(=O)COC(=O)C(NC(=O)Cc1ccccc1)C(C)C)c1ccccc1. The molecule has 154 valence electrons. The van der Waals surface area contributed by atoms with Gasteiger partial charge in [-0.3, -0.25) is 9.59 Å². The van der Waals surface area contributed by atoms with Gasteiger partial charge in [0.05, 0.1) is 12.5 Å². The highest BCUT2D eigenvalue weighted by atomic mass is 16.5. The van der Waals surface area contributed by atoms with Crippen LogP contribution >= 0.6 is 0 Å². The largest absolute Gasteiger partial charge is 0.454 e. The van der Waals surface area contributed by atoms with Crippen molar-refractivity contribution in [2.24, 2.45) is 5.92 Å². The molecule has 0 heterocycles. The van der Waals surface area contributed by atoms with Gasteiger partial charge in [0.25, 0.3) is 5.91 Å². The molecule has 2 amide bonds. The lowest BCUT2D eigenvalue weighted by Crippen LogP contribution is -2.46. The number of amides is 2. The van der Waals surface area contributed by atoms with E-state index in [-0.39, 0.29) is 24.3 Å². The summed E-state index contributed by atoms with van der Waals surface area (Å²) in [5, 5.41) is 5.50. The Morgan fingerprint density at radius 2 is 1.41 bits per heavy atom. The molecule has 29 heavy (non-hydrogen) atoms. The van der Waals surface area contributed by atoms with E-state index in [1.165, 1.54) is 0 Å². The molecule has 6 heteroatoms. The molecule has 2 N–H and O–H groups in total. The third-order valence-electron chi connectivity index (χ3n) is 4.47. The Balaban J connectivity index is 1.84. The maximum absolute atomic E-state index is 12.4. The number of hydrogen-bond donors (Lipinski definition) is 2. The van der Waals surface area contributed by atoms with E-state index in [1.54, 1.807) is 0 Å². The van der Waals surface area contributed by atoms with Gasteiger partial charge in [0, 0.05) is 0 Å². The second-order valence-electron chi connectivity index (χ2n) is 7.26. The van der Waals surface area contributed by atoms with Crippen molar-refractivity contribution < 1.29 is 19.1 Å². The van der Waals surface area contributed by atoms with Crippen LogP contribution in [0.15, 0.2) is 60.7 Å². The summed E-state index contributed by atoms with van der Waals surface area (Å²) in [7, 11) is 0. The van der Waals surface area contributed by atoms with Gasteiger partial charge < -0.3 is 15.4 Å². The van der Waals surface area contributed by atoms with E-state index in [4.69, 9.17) is 4.74 Å². The van der Waals surface area contributed by atoms with Gasteiger partial charge in [-0.25, -0.2) is 4.79 Å². The molecular formula is C23H28N2O4. The van der Waals surface area contributed by atoms with Crippen LogP contribution in [0.5, 0.6) is 0 Å². The van der Waals surface area contributed by atoms with Crippen molar-refractivity contribution in [2.75, 3.05) is 6.61 Å². The molecule has 6 nitrogen and oxygen atoms in total. The summed E-state index contributed by atoms with van der Waals surface area (Å²) < 4.78 is 5.15. The fourth-order valence-electron chi connectivity index (χ4n) is 2.84. The Kier molecular flexibility index (Phi) is 8.40. The van der Waals surface area contributed by atoms with E-state index in [9.17, 15) is 14.4 Å². The van der Waals surface area contributed by atoms with Crippen LogP contribution in [-0.2, 0) is 25.5 Å². The van der Waals surface area contributed by atoms with Gasteiger partial charge in [-0.05, 0) is 24.0 Å². The first kappa shape index (κ1) is 22.1. The molecular weight excluding hydrogens is 368 g/mol. The molecule has 2 aromatic carbocycles. The van der Waals surface area contributed by atoms with Crippen molar-refractivity contribution in [3.8, 4) is 0 Å². The summed E-state index contributed by atoms with van der Waals surface area (Å²) >= 11 is 0. The van der Waals surface area contributed by atoms with E-state index in [0.717, 1.165) is 11.1 Å². The second-order valence-corrected chi connectivity index (χ2v) is 7.26. The monoisotopic (exact) mass is 396 g/mol. The third kappa shape index (κ3) is 7.41. The molecule has 0 radical (unpaired) electrons. The van der Waals surface area contributed by atoms with E-state index in [2.05, 4.69) is 10.6 Å². The first-order valence-electron chi connectivity index (χ1n) is 9.71. The van der Waals surface area contributed by atoms with E-state index < -0.39 is 24.5 Å². The standard InChI is InChI=1S/C23H28N2O4/c1-16(2)22(25-20(26)14-18-10-6-4-7-11-18)23(28)29-15-21(27)24-17(3)19-12-8-5-9-13-19/h4-13,16-17,22H,14-15H2,1-3H3,(H,24,27)(H,25,26). The van der Waals surface area contributed by atoms with E-state index >= 15 is 0 Å². The zero-order valence-electron chi connectivity index (χ0n) is 17.1. The van der Waals surface area contributed by atoms with E-state index in [0.29, 0.717) is 0 Å². The molecule has 0 spiro atoms. The number of benzene rings is 2. The minimum atomic E-state index is -0.814. The minimum absolute atomic E-state index is 0.173. The van der Waals surface area contributed by atoms with Gasteiger partial charge in [-0.1, -0.05) is 74.5 Å². The molecule has 2 rings (SSSR count). The van der Waals surface area contributed by atoms with Gasteiger partial charge in [0.15, 0.2) is 6.61 Å². The normalized spacial score (nSPS) is 12.7. The Labute approximate surface area is 171 Å². The topological polar surface area (TPSA) is 84.5 Å². The van der Waals surface area contributed by atoms with Crippen LogP contribution in [0.25, 0.3) is 0 Å². The molecule has 0 bridgehead atoms. The number of hydrogen-bond acceptors (Lipinski definition) is 4. The summed E-state index contributed by atoms with van der Waals surface area (Å²) in [5.41, 5.74) is 1.82. The van der Waals surface area contributed by atoms with Crippen molar-refractivity contribution in [2.45, 2.75) is 39.3 Å². The average molecular weight is 396 g/mol. The predicted octanol–water partition coefficient (Wildman–Crippen LogP) is 2.79. The first-order chi connectivity index (χ1) is 13.9. The molecule has 0 aliphatic carbocycles. The minimum Gasteiger partial charge on any atom is -0.454 e. The highest BCUT2D eigenvalue weighted by Crippen LogP contribution is 2.11. The van der Waals surface area contributed by atoms with Gasteiger partial charge in [-0.2, -0.15) is 0 Å². The fraction of sp³-hybridized carbons (Fsp3) is 0.348. The molecule has 0 saturated heterocycles. The number of nitrogens with one attached hydrogen (secondary N) is 2. The molecule has 2 aromatic rings. The van der Waals surface area contributed by atoms with Crippen LogP contribution in [-0.4, -0.2) is 30.4 Å². The first-order valence-corrected chi connectivity index (χ1v) is 9.71. The lowest BCUT2D eigenvalue weighted by atomic mass is 10.0. The number of rotatable bonds is 9. The highest BCUT2D eigenvalue weighted by Gasteiger charge is 2.26. The van der Waals surface area contributed by atoms with Crippen LogP contribution < -0.4 is 10.6 Å². The predicted molar refractivity (Wildman–Crippen MR) is 111 cm³/mol. The maximum Gasteiger partial charge on any atom is 0.329 e. The summed E-state index contributed by atoms with van der Waals surface area (Å²) in [6.07, 6.45) is 0.173. The molecule has 0 aliphatic heterocycles. The van der Waals surface area contributed by atoms with Gasteiger partial charge in [-0.15, -0.1) is 0 Å². The zero-order valence-corrected chi connectivity index (χ0v) is 17.1. The molecule has 0 saturated carbocycles. The van der Waals surface area contributed by atoms with Crippen LogP contribution in [0.4, 0.5) is 0 Å². The summed E-state index contributed by atoms with van der Waals surface area (Å²) in [6.45, 7) is 5.09. The van der Waals surface area contributed by atoms with Crippen LogP contribution in [0.3, 0.4) is 0 Å². The summed E-state index contributed by atoms with van der Waals surface area (Å²) in [4.78, 5) is 36.8. The van der Waals surface area contributed by atoms with Crippen molar-refractivity contribution in [1.29, 1.82) is 0 Å². The highest BCUT2D eigenvalue weighted by molar-refractivity contribution is 5.87. The second kappa shape index (κ2) is 11.0. The number of esters is 1. The van der Waals surface area contributed by atoms with Crippen molar-refractivity contribution in [1.82, 2.24) is 10.6 Å². The van der Waals surface area contributed by atoms with Gasteiger partial charge in [0.1, 0.15) is 6.04 Å². The maximum atomic E-state index is 12.4. The smallest absolute Gasteiger partial charge is 0.329 e. The van der Waals surface area contributed by atoms with E-state index in [1.807, 2.05) is 81.4 Å². The fourth-order valence-corrected chi connectivity index (χ4v) is 2.84. The molecule has 2 unspecified atom stereocenters. The molecule has 0 aromatic heterocycles. The third-order valence-corrected chi connectivity index (χ3v) is 4.47. The molecule has 2 atom stereocenters. The Morgan fingerprint density at radius 1 is 0.828 bits per heavy atom. The summed E-state index contributed by atoms with van der Waals surface area (Å²) in [6, 6.07) is 17.8. The van der Waals surface area contributed by atoms with Gasteiger partial charge >= 0.3 is 5.97 Å². The van der Waals surface area contributed by atoms with Crippen LogP contribution in [0, 0.1) is 5.92 Å². The number of ether oxygens (including phenoxy) is 1. The molecule has 0 fully saturated rings. The Bertz CT molecular complexity index is 806. The van der Waals surface area contributed by atoms with Crippen LogP contribution in [0.1, 0.15) is 37.9 Å². The lowest BCUT2D eigenvalue weighted by Gasteiger charge is -2.21.